The van der Waals surface area contributed by atoms with Crippen molar-refractivity contribution in [2.75, 3.05) is 66.0 Å². The van der Waals surface area contributed by atoms with E-state index in [0.29, 0.717) is 18.9 Å². The summed E-state index contributed by atoms with van der Waals surface area (Å²) in [4.78, 5) is 34.4. The lowest BCUT2D eigenvalue weighted by atomic mass is 9.45. The van der Waals surface area contributed by atoms with Crippen molar-refractivity contribution in [1.82, 2.24) is 30.7 Å². The lowest BCUT2D eigenvalue weighted by molar-refractivity contribution is -0.140. The number of carbonyl (C=O) groups is 2. The van der Waals surface area contributed by atoms with E-state index in [4.69, 9.17) is 11.5 Å². The Bertz CT molecular complexity index is 988. The van der Waals surface area contributed by atoms with Gasteiger partial charge >= 0.3 is 0 Å². The molecule has 6 rings (SSSR count). The van der Waals surface area contributed by atoms with E-state index < -0.39 is 18.3 Å². The van der Waals surface area contributed by atoms with Crippen LogP contribution in [0.25, 0.3) is 0 Å². The fraction of sp³-hybridized carbons (Fsp3) is 0.939. The van der Waals surface area contributed by atoms with Gasteiger partial charge in [-0.1, -0.05) is 19.3 Å². The van der Waals surface area contributed by atoms with Crippen LogP contribution in [-0.4, -0.2) is 123 Å². The van der Waals surface area contributed by atoms with Gasteiger partial charge < -0.3 is 37.2 Å². The van der Waals surface area contributed by atoms with Gasteiger partial charge in [-0.2, -0.15) is 0 Å². The number of fused-ring (bicyclic) bond motifs is 1. The summed E-state index contributed by atoms with van der Waals surface area (Å²) in [5.74, 6) is -0.297. The first kappa shape index (κ1) is 32.6. The molecule has 4 saturated heterocycles. The summed E-state index contributed by atoms with van der Waals surface area (Å²) in [5.41, 5.74) is 13.0. The van der Waals surface area contributed by atoms with Gasteiger partial charge in [0.15, 0.2) is 0 Å². The summed E-state index contributed by atoms with van der Waals surface area (Å²) in [6, 6.07) is -0.0873. The molecular weight excluding hydrogens is 559 g/mol. The van der Waals surface area contributed by atoms with Crippen LogP contribution in [-0.2, 0) is 9.59 Å². The van der Waals surface area contributed by atoms with E-state index in [9.17, 15) is 9.59 Å². The van der Waals surface area contributed by atoms with E-state index in [1.165, 1.54) is 12.8 Å². The number of rotatable bonds is 6. The van der Waals surface area contributed by atoms with Crippen molar-refractivity contribution in [3.8, 4) is 0 Å². The van der Waals surface area contributed by atoms with Crippen molar-refractivity contribution in [3.63, 3.8) is 0 Å². The number of nitrogens with two attached hydrogens (primary N) is 2. The number of hydrogen-bond acceptors (Lipinski definition) is 8. The van der Waals surface area contributed by atoms with Crippen LogP contribution in [0.4, 0.5) is 4.39 Å². The number of likely N-dealkylation sites (N-methyl/N-ethyl adjacent to an activating group) is 1. The fourth-order valence-corrected chi connectivity index (χ4v) is 10.3. The maximum atomic E-state index is 15.0. The van der Waals surface area contributed by atoms with Crippen molar-refractivity contribution >= 4 is 11.8 Å². The molecule has 4 aliphatic heterocycles. The molecule has 5 unspecified atom stereocenters. The number of hydrogen-bond donors (Lipinski definition) is 5. The van der Waals surface area contributed by atoms with Gasteiger partial charge in [0.05, 0.1) is 18.1 Å². The van der Waals surface area contributed by atoms with E-state index >= 15 is 4.39 Å². The van der Waals surface area contributed by atoms with Crippen molar-refractivity contribution < 1.29 is 14.0 Å². The van der Waals surface area contributed by atoms with Crippen LogP contribution in [0.15, 0.2) is 0 Å². The summed E-state index contributed by atoms with van der Waals surface area (Å²) in [6.07, 6.45) is 10.3. The lowest BCUT2D eigenvalue weighted by Crippen LogP contribution is -2.70. The second-order valence-electron chi connectivity index (χ2n) is 15.2. The van der Waals surface area contributed by atoms with Gasteiger partial charge in [-0.15, -0.1) is 0 Å². The summed E-state index contributed by atoms with van der Waals surface area (Å²) in [5, 5.41) is 10.5. The predicted octanol–water partition coefficient (Wildman–Crippen LogP) is 1.000. The minimum absolute atomic E-state index is 0.0506. The number of piperazine rings is 1. The Labute approximate surface area is 263 Å². The van der Waals surface area contributed by atoms with Gasteiger partial charge in [-0.25, -0.2) is 4.39 Å². The van der Waals surface area contributed by atoms with Crippen molar-refractivity contribution in [1.29, 1.82) is 0 Å². The number of alkyl halides is 1. The lowest BCUT2D eigenvalue weighted by Gasteiger charge is -2.62. The Morgan fingerprint density at radius 3 is 2.23 bits per heavy atom. The van der Waals surface area contributed by atoms with Gasteiger partial charge in [0.2, 0.25) is 11.8 Å². The first-order chi connectivity index (χ1) is 21.2. The average Bonchev–Trinajstić information content (AvgIpc) is 3.48. The van der Waals surface area contributed by atoms with Crippen LogP contribution >= 0.6 is 0 Å². The number of piperidine rings is 2. The second-order valence-corrected chi connectivity index (χ2v) is 15.2. The first-order valence-electron chi connectivity index (χ1n) is 17.8. The summed E-state index contributed by atoms with van der Waals surface area (Å²) in [6.45, 7) is 7.15. The molecule has 0 radical (unpaired) electrons. The molecule has 0 aromatic rings. The van der Waals surface area contributed by atoms with Gasteiger partial charge in [0.1, 0.15) is 6.17 Å². The monoisotopic (exact) mass is 618 g/mol. The molecule has 250 valence electrons. The maximum Gasteiger partial charge on any atom is 0.227 e. The van der Waals surface area contributed by atoms with E-state index in [1.807, 2.05) is 0 Å². The maximum absolute atomic E-state index is 15.0. The number of amides is 2. The Balaban J connectivity index is 1.13. The molecule has 0 aromatic carbocycles. The van der Waals surface area contributed by atoms with Crippen molar-refractivity contribution in [2.24, 2.45) is 34.1 Å². The third-order valence-electron chi connectivity index (χ3n) is 13.0. The molecule has 4 heterocycles. The molecule has 7 N–H and O–H groups in total. The Hall–Kier alpha value is -1.37. The topological polar surface area (TPSA) is 132 Å². The predicted molar refractivity (Wildman–Crippen MR) is 170 cm³/mol. The summed E-state index contributed by atoms with van der Waals surface area (Å²) < 4.78 is 15.0. The number of nitrogens with zero attached hydrogens (tertiary/aromatic N) is 3. The SMILES string of the molecule is CN1CCN(C(=O)C2CCN(C3CCNCC3NC(=O)C(C(N)N)C3NCC(F)CCC4(CCCC4)C34CCC4)CC2)CC1. The van der Waals surface area contributed by atoms with Crippen LogP contribution in [0.5, 0.6) is 0 Å². The molecule has 5 atom stereocenters. The smallest absolute Gasteiger partial charge is 0.227 e. The number of likely N-dealkylation sites (tertiary alicyclic amines) is 1. The zero-order chi connectivity index (χ0) is 30.9. The summed E-state index contributed by atoms with van der Waals surface area (Å²) >= 11 is 0. The molecule has 0 aromatic heterocycles. The van der Waals surface area contributed by atoms with Crippen molar-refractivity contribution in [2.45, 2.75) is 108 Å². The van der Waals surface area contributed by atoms with Crippen LogP contribution in [0.1, 0.15) is 77.0 Å². The largest absolute Gasteiger partial charge is 0.350 e. The molecule has 10 nitrogen and oxygen atoms in total. The molecule has 2 amide bonds. The number of nitrogens with one attached hydrogen (secondary N) is 3. The quantitative estimate of drug-likeness (QED) is 0.279. The number of halogens is 1. The fourth-order valence-electron chi connectivity index (χ4n) is 10.3. The minimum Gasteiger partial charge on any atom is -0.350 e. The minimum atomic E-state index is -0.914. The second kappa shape index (κ2) is 13.8. The highest BCUT2D eigenvalue weighted by Gasteiger charge is 2.62. The van der Waals surface area contributed by atoms with Gasteiger partial charge in [-0.3, -0.25) is 14.5 Å². The van der Waals surface area contributed by atoms with Gasteiger partial charge in [-0.05, 0) is 95.3 Å². The van der Waals surface area contributed by atoms with Crippen molar-refractivity contribution in [3.05, 3.63) is 0 Å². The Morgan fingerprint density at radius 2 is 1.59 bits per heavy atom. The van der Waals surface area contributed by atoms with Gasteiger partial charge in [0, 0.05) is 57.3 Å². The highest BCUT2D eigenvalue weighted by Crippen LogP contribution is 2.66. The van der Waals surface area contributed by atoms with Gasteiger partial charge in [0.25, 0.3) is 0 Å². The zero-order valence-electron chi connectivity index (χ0n) is 27.1. The standard InChI is InChI=1S/C33H59FN8O2/c1-40-17-19-42(20-18-40)31(44)23-7-15-41(16-8-23)26-6-14-37-22-25(26)39-30(43)27(29(35)36)28-33(11-4-12-33)32(9-2-3-10-32)13-5-24(34)21-38-28/h23-29,37-38H,2-22,35-36H2,1H3,(H,39,43). The molecule has 44 heavy (non-hydrogen) atoms. The Kier molecular flexibility index (Phi) is 10.2. The molecular formula is C33H59FN8O2. The molecule has 2 aliphatic carbocycles. The first-order valence-corrected chi connectivity index (χ1v) is 17.8. The van der Waals surface area contributed by atoms with Crippen LogP contribution in [0, 0.1) is 22.7 Å². The zero-order valence-corrected chi connectivity index (χ0v) is 27.1. The van der Waals surface area contributed by atoms with E-state index in [0.717, 1.165) is 104 Å². The molecule has 2 spiro atoms. The molecule has 0 bridgehead atoms. The molecule has 6 fully saturated rings. The Morgan fingerprint density at radius 1 is 0.886 bits per heavy atom. The van der Waals surface area contributed by atoms with Crippen LogP contribution in [0.3, 0.4) is 0 Å². The third-order valence-corrected chi connectivity index (χ3v) is 13.0. The average molecular weight is 619 g/mol. The third kappa shape index (κ3) is 6.30. The van der Waals surface area contributed by atoms with E-state index in [-0.39, 0.29) is 47.3 Å². The molecule has 6 aliphatic rings. The molecule has 11 heteroatoms. The highest BCUT2D eigenvalue weighted by molar-refractivity contribution is 5.81. The van der Waals surface area contributed by atoms with E-state index in [2.05, 4.69) is 37.7 Å². The van der Waals surface area contributed by atoms with Crippen LogP contribution in [0.2, 0.25) is 0 Å². The summed E-state index contributed by atoms with van der Waals surface area (Å²) in [7, 11) is 2.11. The van der Waals surface area contributed by atoms with E-state index in [1.54, 1.807) is 0 Å². The number of carbonyl (C=O) groups excluding carboxylic acids is 2. The highest BCUT2D eigenvalue weighted by atomic mass is 19.1. The molecule has 2 saturated carbocycles. The van der Waals surface area contributed by atoms with Crippen LogP contribution < -0.4 is 27.4 Å². The normalized spacial score (nSPS) is 34.4.